The van der Waals surface area contributed by atoms with E-state index in [0.29, 0.717) is 0 Å². The van der Waals surface area contributed by atoms with Crippen LogP contribution in [0.4, 0.5) is 23.7 Å². The summed E-state index contributed by atoms with van der Waals surface area (Å²) in [4.78, 5) is 18.3. The van der Waals surface area contributed by atoms with E-state index in [9.17, 15) is 18.0 Å². The zero-order valence-corrected chi connectivity index (χ0v) is 12.8. The molecule has 0 fully saturated rings. The molecule has 0 saturated heterocycles. The number of anilines is 1. The lowest BCUT2D eigenvalue weighted by Crippen LogP contribution is -2.31. The Morgan fingerprint density at radius 3 is 2.64 bits per heavy atom. The predicted octanol–water partition coefficient (Wildman–Crippen LogP) is 4.13. The number of benzene rings is 1. The molecule has 0 atom stereocenters. The van der Waals surface area contributed by atoms with E-state index in [1.165, 1.54) is 41.5 Å². The molecule has 0 aliphatic carbocycles. The Hall–Kier alpha value is -2.09. The summed E-state index contributed by atoms with van der Waals surface area (Å²) >= 11 is 1.40. The first kappa shape index (κ1) is 16.3. The maximum atomic E-state index is 12.9. The average Bonchev–Trinajstić information content (AvgIpc) is 2.83. The Bertz CT molecular complexity index is 669. The van der Waals surface area contributed by atoms with Crippen molar-refractivity contribution >= 4 is 23.1 Å². The van der Waals surface area contributed by atoms with Gasteiger partial charge >= 0.3 is 12.2 Å². The van der Waals surface area contributed by atoms with Gasteiger partial charge in [0.2, 0.25) is 0 Å². The van der Waals surface area contributed by atoms with E-state index in [2.05, 4.69) is 10.3 Å². The molecule has 1 aromatic carbocycles. The number of para-hydroxylation sites is 1. The van der Waals surface area contributed by atoms with Crippen LogP contribution in [0.25, 0.3) is 0 Å². The number of nitrogens with one attached hydrogen (secondary N) is 1. The molecule has 2 rings (SSSR count). The van der Waals surface area contributed by atoms with Crippen molar-refractivity contribution in [3.8, 4) is 0 Å². The lowest BCUT2D eigenvalue weighted by molar-refractivity contribution is -0.136. The second-order valence-corrected chi connectivity index (χ2v) is 5.63. The molecule has 1 heterocycles. The van der Waals surface area contributed by atoms with Crippen molar-refractivity contribution in [2.24, 2.45) is 0 Å². The first-order valence-corrected chi connectivity index (χ1v) is 7.24. The van der Waals surface area contributed by atoms with E-state index < -0.39 is 17.8 Å². The van der Waals surface area contributed by atoms with Gasteiger partial charge in [0.05, 0.1) is 29.0 Å². The van der Waals surface area contributed by atoms with E-state index in [0.717, 1.165) is 16.6 Å². The molecule has 1 aromatic heterocycles. The number of aromatic nitrogens is 1. The highest BCUT2D eigenvalue weighted by Crippen LogP contribution is 2.34. The second kappa shape index (κ2) is 6.35. The number of alkyl halides is 3. The molecular weight excluding hydrogens is 315 g/mol. The quantitative estimate of drug-likeness (QED) is 0.920. The van der Waals surface area contributed by atoms with Gasteiger partial charge in [-0.15, -0.1) is 11.3 Å². The zero-order valence-electron chi connectivity index (χ0n) is 11.9. The highest BCUT2D eigenvalue weighted by Gasteiger charge is 2.33. The van der Waals surface area contributed by atoms with Crippen LogP contribution in [0.5, 0.6) is 0 Å². The summed E-state index contributed by atoms with van der Waals surface area (Å²) < 4.78 is 38.7. The summed E-state index contributed by atoms with van der Waals surface area (Å²) in [7, 11) is 1.52. The van der Waals surface area contributed by atoms with Crippen LogP contribution < -0.4 is 5.32 Å². The van der Waals surface area contributed by atoms with Crippen LogP contribution in [-0.4, -0.2) is 23.0 Å². The van der Waals surface area contributed by atoms with Crippen LogP contribution in [0.2, 0.25) is 0 Å². The summed E-state index contributed by atoms with van der Waals surface area (Å²) in [5.74, 6) is 0. The second-order valence-electron chi connectivity index (χ2n) is 4.69. The minimum absolute atomic E-state index is 0.257. The summed E-state index contributed by atoms with van der Waals surface area (Å²) in [6.07, 6.45) is -4.52. The van der Waals surface area contributed by atoms with E-state index in [4.69, 9.17) is 0 Å². The predicted molar refractivity (Wildman–Crippen MR) is 78.8 cm³/mol. The van der Waals surface area contributed by atoms with Crippen LogP contribution in [-0.2, 0) is 12.7 Å². The number of nitrogens with zero attached hydrogens (tertiary/aromatic N) is 2. The Morgan fingerprint density at radius 1 is 1.36 bits per heavy atom. The van der Waals surface area contributed by atoms with Crippen molar-refractivity contribution in [3.05, 3.63) is 45.9 Å². The Kier molecular flexibility index (Phi) is 4.70. The van der Waals surface area contributed by atoms with Gasteiger partial charge in [-0.05, 0) is 19.1 Å². The molecule has 118 valence electrons. The number of carbonyl (C=O) groups is 1. The van der Waals surface area contributed by atoms with Crippen LogP contribution in [0.1, 0.15) is 16.1 Å². The molecule has 0 aliphatic rings. The van der Waals surface area contributed by atoms with Gasteiger partial charge in [0, 0.05) is 11.9 Å². The SMILES string of the molecule is Cc1ncsc1CN(C)C(=O)Nc1ccccc1C(F)(F)F. The van der Waals surface area contributed by atoms with Crippen molar-refractivity contribution in [2.75, 3.05) is 12.4 Å². The molecule has 0 unspecified atom stereocenters. The van der Waals surface area contributed by atoms with Crippen LogP contribution in [0, 0.1) is 6.92 Å². The topological polar surface area (TPSA) is 45.2 Å². The van der Waals surface area contributed by atoms with Crippen LogP contribution in [0.3, 0.4) is 0 Å². The molecule has 22 heavy (non-hydrogen) atoms. The van der Waals surface area contributed by atoms with Gasteiger partial charge in [-0.2, -0.15) is 13.2 Å². The highest BCUT2D eigenvalue weighted by atomic mass is 32.1. The lowest BCUT2D eigenvalue weighted by atomic mass is 10.1. The van der Waals surface area contributed by atoms with Gasteiger partial charge in [-0.1, -0.05) is 12.1 Å². The van der Waals surface area contributed by atoms with Gasteiger partial charge in [0.1, 0.15) is 0 Å². The fourth-order valence-electron chi connectivity index (χ4n) is 1.82. The molecule has 0 spiro atoms. The standard InChI is InChI=1S/C14H14F3N3OS/c1-9-12(22-8-18-9)7-20(2)13(21)19-11-6-4-3-5-10(11)14(15,16)17/h3-6,8H,7H2,1-2H3,(H,19,21). The molecule has 2 aromatic rings. The van der Waals surface area contributed by atoms with Crippen molar-refractivity contribution in [1.82, 2.24) is 9.88 Å². The lowest BCUT2D eigenvalue weighted by Gasteiger charge is -2.19. The van der Waals surface area contributed by atoms with Gasteiger partial charge in [0.25, 0.3) is 0 Å². The molecule has 0 radical (unpaired) electrons. The number of hydrogen-bond acceptors (Lipinski definition) is 3. The molecule has 0 saturated carbocycles. The minimum atomic E-state index is -4.52. The molecule has 1 N–H and O–H groups in total. The van der Waals surface area contributed by atoms with Crippen molar-refractivity contribution in [3.63, 3.8) is 0 Å². The molecular formula is C14H14F3N3OS. The largest absolute Gasteiger partial charge is 0.418 e. The smallest absolute Gasteiger partial charge is 0.322 e. The summed E-state index contributed by atoms with van der Waals surface area (Å²) in [5, 5.41) is 2.30. The third kappa shape index (κ3) is 3.76. The number of halogens is 3. The Balaban J connectivity index is 2.11. The first-order valence-electron chi connectivity index (χ1n) is 6.36. The fraction of sp³-hybridized carbons (Fsp3) is 0.286. The van der Waals surface area contributed by atoms with E-state index in [1.807, 2.05) is 6.92 Å². The monoisotopic (exact) mass is 329 g/mol. The van der Waals surface area contributed by atoms with E-state index in [-0.39, 0.29) is 12.2 Å². The normalized spacial score (nSPS) is 11.3. The number of urea groups is 1. The Morgan fingerprint density at radius 2 is 2.05 bits per heavy atom. The minimum Gasteiger partial charge on any atom is -0.322 e. The summed E-state index contributed by atoms with van der Waals surface area (Å²) in [6, 6.07) is 4.28. The number of rotatable bonds is 3. The zero-order chi connectivity index (χ0) is 16.3. The molecule has 2 amide bonds. The van der Waals surface area contributed by atoms with Crippen LogP contribution >= 0.6 is 11.3 Å². The van der Waals surface area contributed by atoms with Crippen LogP contribution in [0.15, 0.2) is 29.8 Å². The third-order valence-corrected chi connectivity index (χ3v) is 3.97. The number of amides is 2. The first-order chi connectivity index (χ1) is 10.3. The Labute approximate surface area is 129 Å². The van der Waals surface area contributed by atoms with Crippen molar-refractivity contribution in [2.45, 2.75) is 19.6 Å². The number of hydrogen-bond donors (Lipinski definition) is 1. The molecule has 4 nitrogen and oxygen atoms in total. The van der Waals surface area contributed by atoms with E-state index in [1.54, 1.807) is 5.51 Å². The fourth-order valence-corrected chi connectivity index (χ4v) is 2.64. The van der Waals surface area contributed by atoms with Crippen molar-refractivity contribution < 1.29 is 18.0 Å². The van der Waals surface area contributed by atoms with Crippen molar-refractivity contribution in [1.29, 1.82) is 0 Å². The van der Waals surface area contributed by atoms with Gasteiger partial charge in [-0.25, -0.2) is 9.78 Å². The summed E-state index contributed by atoms with van der Waals surface area (Å²) in [5.41, 5.74) is 1.34. The third-order valence-electron chi connectivity index (χ3n) is 3.05. The maximum absolute atomic E-state index is 12.9. The van der Waals surface area contributed by atoms with Gasteiger partial charge in [0.15, 0.2) is 0 Å². The maximum Gasteiger partial charge on any atom is 0.418 e. The highest BCUT2D eigenvalue weighted by molar-refractivity contribution is 7.09. The van der Waals surface area contributed by atoms with Gasteiger partial charge in [-0.3, -0.25) is 0 Å². The molecule has 8 heteroatoms. The molecule has 0 aliphatic heterocycles. The molecule has 0 bridgehead atoms. The van der Waals surface area contributed by atoms with Gasteiger partial charge < -0.3 is 10.2 Å². The summed E-state index contributed by atoms with van der Waals surface area (Å²) in [6.45, 7) is 2.10. The number of thiazole rings is 1. The average molecular weight is 329 g/mol. The number of carbonyl (C=O) groups excluding carboxylic acids is 1. The van der Waals surface area contributed by atoms with E-state index >= 15 is 0 Å². The number of aryl methyl sites for hydroxylation is 1.